The topological polar surface area (TPSA) is 41.4 Å². The van der Waals surface area contributed by atoms with E-state index in [1.807, 2.05) is 32.0 Å². The Kier molecular flexibility index (Phi) is 5.06. The molecule has 2 aromatic rings. The largest absolute Gasteiger partial charge is 0.369 e. The monoisotopic (exact) mass is 344 g/mol. The normalized spacial score (nSPS) is 14.4. The van der Waals surface area contributed by atoms with E-state index in [0.29, 0.717) is 17.8 Å². The molecule has 0 unspecified atom stereocenters. The number of carbonyl (C=O) groups excluding carboxylic acids is 1. The lowest BCUT2D eigenvalue weighted by molar-refractivity contribution is 0.0690. The van der Waals surface area contributed by atoms with Gasteiger partial charge < -0.3 is 9.80 Å². The lowest BCUT2D eigenvalue weighted by atomic mass is 10.1. The highest BCUT2D eigenvalue weighted by atomic mass is 19.1. The number of aromatic nitrogens is 2. The maximum Gasteiger partial charge on any atom is 0.254 e. The predicted octanol–water partition coefficient (Wildman–Crippen LogP) is 3.21. The smallest absolute Gasteiger partial charge is 0.254 e. The van der Waals surface area contributed by atoms with Crippen molar-refractivity contribution >= 4 is 11.6 Å². The Bertz CT molecular complexity index is 750. The van der Waals surface area contributed by atoms with Crippen LogP contribution in [0.2, 0.25) is 0 Å². The van der Waals surface area contributed by atoms with Crippen LogP contribution in [0, 0.1) is 5.82 Å². The van der Waals surface area contributed by atoms with Crippen molar-refractivity contribution in [3.05, 3.63) is 47.5 Å². The molecule has 0 saturated carbocycles. The summed E-state index contributed by atoms with van der Waals surface area (Å²) in [5.41, 5.74) is 1.94. The molecule has 6 heteroatoms. The van der Waals surface area contributed by atoms with Gasteiger partial charge in [-0.25, -0.2) is 4.39 Å². The Balaban J connectivity index is 1.80. The quantitative estimate of drug-likeness (QED) is 0.836. The summed E-state index contributed by atoms with van der Waals surface area (Å²) < 4.78 is 16.2. The van der Waals surface area contributed by atoms with Gasteiger partial charge in [-0.3, -0.25) is 9.48 Å². The summed E-state index contributed by atoms with van der Waals surface area (Å²) in [4.78, 5) is 16.7. The van der Waals surface area contributed by atoms with Gasteiger partial charge in [0, 0.05) is 50.0 Å². The fraction of sp³-hybridized carbons (Fsp3) is 0.474. The minimum absolute atomic E-state index is 0.00836. The molecule has 0 N–H and O–H groups in total. The molecule has 1 amide bonds. The predicted molar refractivity (Wildman–Crippen MR) is 96.1 cm³/mol. The Labute approximate surface area is 148 Å². The first kappa shape index (κ1) is 17.5. The van der Waals surface area contributed by atoms with Crippen molar-refractivity contribution in [3.63, 3.8) is 0 Å². The van der Waals surface area contributed by atoms with Crippen LogP contribution in [0.5, 0.6) is 0 Å². The van der Waals surface area contributed by atoms with E-state index in [1.165, 1.54) is 6.07 Å². The molecular weight excluding hydrogens is 319 g/mol. The summed E-state index contributed by atoms with van der Waals surface area (Å²) in [6.07, 6.45) is 5.82. The molecule has 1 aromatic carbocycles. The summed E-state index contributed by atoms with van der Waals surface area (Å²) in [6, 6.07) is 4.84. The molecule has 1 aliphatic heterocycles. The van der Waals surface area contributed by atoms with Gasteiger partial charge >= 0.3 is 0 Å². The van der Waals surface area contributed by atoms with Crippen LogP contribution in [0.3, 0.4) is 0 Å². The summed E-state index contributed by atoms with van der Waals surface area (Å²) in [7, 11) is 1.84. The highest BCUT2D eigenvalue weighted by Crippen LogP contribution is 2.25. The minimum atomic E-state index is -0.321. The van der Waals surface area contributed by atoms with Crippen molar-refractivity contribution in [3.8, 4) is 0 Å². The number of carbonyl (C=O) groups is 1. The molecule has 0 aliphatic carbocycles. The van der Waals surface area contributed by atoms with Gasteiger partial charge in [-0.1, -0.05) is 0 Å². The van der Waals surface area contributed by atoms with Crippen LogP contribution < -0.4 is 4.90 Å². The van der Waals surface area contributed by atoms with Crippen LogP contribution in [-0.4, -0.2) is 39.7 Å². The average Bonchev–Trinajstić information content (AvgIpc) is 3.23. The molecule has 0 spiro atoms. The minimum Gasteiger partial charge on any atom is -0.369 e. The first-order valence-corrected chi connectivity index (χ1v) is 8.78. The number of nitrogens with zero attached hydrogens (tertiary/aromatic N) is 4. The summed E-state index contributed by atoms with van der Waals surface area (Å²) in [6.45, 7) is 6.14. The van der Waals surface area contributed by atoms with E-state index in [1.54, 1.807) is 27.9 Å². The Hall–Kier alpha value is -2.37. The van der Waals surface area contributed by atoms with Crippen LogP contribution in [0.25, 0.3) is 0 Å². The van der Waals surface area contributed by atoms with E-state index in [0.717, 1.165) is 31.5 Å². The van der Waals surface area contributed by atoms with Crippen LogP contribution in [-0.2, 0) is 13.6 Å². The number of halogens is 1. The van der Waals surface area contributed by atoms with Crippen molar-refractivity contribution in [1.29, 1.82) is 0 Å². The Morgan fingerprint density at radius 2 is 2.04 bits per heavy atom. The van der Waals surface area contributed by atoms with Gasteiger partial charge in [0.25, 0.3) is 5.91 Å². The van der Waals surface area contributed by atoms with Crippen LogP contribution in [0.1, 0.15) is 42.6 Å². The summed E-state index contributed by atoms with van der Waals surface area (Å²) in [5.74, 6) is -0.483. The van der Waals surface area contributed by atoms with Crippen LogP contribution >= 0.6 is 0 Å². The highest BCUT2D eigenvalue weighted by Gasteiger charge is 2.22. The Morgan fingerprint density at radius 1 is 1.32 bits per heavy atom. The van der Waals surface area contributed by atoms with E-state index >= 15 is 0 Å². The third-order valence-corrected chi connectivity index (χ3v) is 4.64. The molecule has 1 aliphatic rings. The molecule has 0 atom stereocenters. The molecule has 2 heterocycles. The van der Waals surface area contributed by atoms with Gasteiger partial charge in [0.15, 0.2) is 0 Å². The number of hydrogen-bond acceptors (Lipinski definition) is 3. The van der Waals surface area contributed by atoms with Gasteiger partial charge in [-0.15, -0.1) is 0 Å². The number of aryl methyl sites for hydroxylation is 1. The number of anilines is 1. The lowest BCUT2D eigenvalue weighted by Crippen LogP contribution is -2.36. The summed E-state index contributed by atoms with van der Waals surface area (Å²) in [5, 5.41) is 4.14. The zero-order chi connectivity index (χ0) is 18.0. The summed E-state index contributed by atoms with van der Waals surface area (Å²) >= 11 is 0. The van der Waals surface area contributed by atoms with E-state index in [4.69, 9.17) is 0 Å². The maximum atomic E-state index is 14.5. The zero-order valence-corrected chi connectivity index (χ0v) is 15.1. The number of rotatable bonds is 5. The molecule has 0 bridgehead atoms. The first-order chi connectivity index (χ1) is 12.0. The van der Waals surface area contributed by atoms with Gasteiger partial charge in [0.1, 0.15) is 5.82 Å². The average molecular weight is 344 g/mol. The highest BCUT2D eigenvalue weighted by molar-refractivity contribution is 5.94. The van der Waals surface area contributed by atoms with Crippen LogP contribution in [0.4, 0.5) is 10.1 Å². The number of hydrogen-bond donors (Lipinski definition) is 0. The molecule has 3 rings (SSSR count). The van der Waals surface area contributed by atoms with Crippen molar-refractivity contribution in [2.75, 3.05) is 18.0 Å². The maximum absolute atomic E-state index is 14.5. The second-order valence-electron chi connectivity index (χ2n) is 6.91. The van der Waals surface area contributed by atoms with E-state index in [-0.39, 0.29) is 17.8 Å². The Morgan fingerprint density at radius 3 is 2.60 bits per heavy atom. The molecule has 134 valence electrons. The molecule has 1 aromatic heterocycles. The van der Waals surface area contributed by atoms with Crippen molar-refractivity contribution in [1.82, 2.24) is 14.7 Å². The molecule has 25 heavy (non-hydrogen) atoms. The van der Waals surface area contributed by atoms with Gasteiger partial charge in [0.05, 0.1) is 11.9 Å². The molecule has 5 nitrogen and oxygen atoms in total. The molecule has 0 radical (unpaired) electrons. The van der Waals surface area contributed by atoms with E-state index in [2.05, 4.69) is 5.10 Å². The fourth-order valence-corrected chi connectivity index (χ4v) is 3.26. The third kappa shape index (κ3) is 3.83. The van der Waals surface area contributed by atoms with Gasteiger partial charge in [0.2, 0.25) is 0 Å². The third-order valence-electron chi connectivity index (χ3n) is 4.64. The number of amides is 1. The molecule has 1 saturated heterocycles. The zero-order valence-electron chi connectivity index (χ0n) is 15.1. The second-order valence-corrected chi connectivity index (χ2v) is 6.91. The van der Waals surface area contributed by atoms with Crippen LogP contribution in [0.15, 0.2) is 30.6 Å². The fourth-order valence-electron chi connectivity index (χ4n) is 3.26. The first-order valence-electron chi connectivity index (χ1n) is 8.78. The second kappa shape index (κ2) is 7.25. The van der Waals surface area contributed by atoms with Gasteiger partial charge in [-0.2, -0.15) is 5.10 Å². The van der Waals surface area contributed by atoms with Gasteiger partial charge in [-0.05, 0) is 44.9 Å². The molecular formula is C19H25FN4O. The van der Waals surface area contributed by atoms with Crippen molar-refractivity contribution in [2.45, 2.75) is 39.3 Å². The lowest BCUT2D eigenvalue weighted by Gasteiger charge is -2.27. The van der Waals surface area contributed by atoms with E-state index < -0.39 is 0 Å². The SMILES string of the molecule is CC(C)N(Cc1cnn(C)c1)C(=O)c1ccc(N2CCCC2)c(F)c1. The van der Waals surface area contributed by atoms with Crippen molar-refractivity contribution in [2.24, 2.45) is 7.05 Å². The standard InChI is InChI=1S/C19H25FN4O/c1-14(2)24(13-15-11-21-22(3)12-15)19(25)16-6-7-18(17(20)10-16)23-8-4-5-9-23/h6-7,10-12,14H,4-5,8-9,13H2,1-3H3. The number of benzene rings is 1. The van der Waals surface area contributed by atoms with Crippen molar-refractivity contribution < 1.29 is 9.18 Å². The molecule has 1 fully saturated rings. The van der Waals surface area contributed by atoms with E-state index in [9.17, 15) is 9.18 Å².